The van der Waals surface area contributed by atoms with Gasteiger partial charge in [0.15, 0.2) is 0 Å². The van der Waals surface area contributed by atoms with Gasteiger partial charge in [-0.05, 0) is 25.1 Å². The molecule has 0 aliphatic heterocycles. The van der Waals surface area contributed by atoms with Crippen molar-refractivity contribution in [2.24, 2.45) is 0 Å². The number of amides is 1. The monoisotopic (exact) mass is 325 g/mol. The molecule has 2 aromatic rings. The number of alkyl halides is 3. The van der Waals surface area contributed by atoms with E-state index < -0.39 is 28.4 Å². The number of anilines is 1. The fraction of sp³-hybridized carbons (Fsp3) is 0.143. The van der Waals surface area contributed by atoms with E-state index in [1.54, 1.807) is 0 Å². The molecule has 1 aromatic heterocycles. The number of hydrogen-bond acceptors (Lipinski definition) is 4. The first-order chi connectivity index (χ1) is 10.7. The summed E-state index contributed by atoms with van der Waals surface area (Å²) in [5, 5.41) is 13.1. The number of nitrogens with one attached hydrogen (secondary N) is 1. The van der Waals surface area contributed by atoms with Crippen LogP contribution in [0.2, 0.25) is 0 Å². The van der Waals surface area contributed by atoms with E-state index in [0.717, 1.165) is 24.3 Å². The molecule has 23 heavy (non-hydrogen) atoms. The maximum Gasteiger partial charge on any atom is 0.433 e. The molecule has 0 unspecified atom stereocenters. The Morgan fingerprint density at radius 3 is 2.57 bits per heavy atom. The number of nitro benzene ring substituents is 1. The van der Waals surface area contributed by atoms with Crippen LogP contribution < -0.4 is 5.32 Å². The van der Waals surface area contributed by atoms with Crippen LogP contribution >= 0.6 is 0 Å². The predicted octanol–water partition coefficient (Wildman–Crippen LogP) is 3.57. The topological polar surface area (TPSA) is 85.1 Å². The van der Waals surface area contributed by atoms with Gasteiger partial charge in [-0.2, -0.15) is 13.2 Å². The van der Waals surface area contributed by atoms with Crippen molar-refractivity contribution in [3.8, 4) is 0 Å². The smallest absolute Gasteiger partial charge is 0.320 e. The van der Waals surface area contributed by atoms with Gasteiger partial charge in [0.05, 0.1) is 4.92 Å². The maximum absolute atomic E-state index is 12.6. The summed E-state index contributed by atoms with van der Waals surface area (Å²) < 4.78 is 37.7. The first kappa shape index (κ1) is 16.4. The molecule has 0 spiro atoms. The molecule has 0 fully saturated rings. The Labute approximate surface area is 128 Å². The zero-order valence-electron chi connectivity index (χ0n) is 11.7. The zero-order chi connectivity index (χ0) is 17.2. The highest BCUT2D eigenvalue weighted by Crippen LogP contribution is 2.27. The molecule has 2 rings (SSSR count). The normalized spacial score (nSPS) is 11.1. The van der Waals surface area contributed by atoms with Crippen molar-refractivity contribution in [2.45, 2.75) is 13.1 Å². The van der Waals surface area contributed by atoms with Crippen LogP contribution in [0.4, 0.5) is 24.5 Å². The molecule has 1 aromatic carbocycles. The standard InChI is InChI=1S/C14H10F3N3O3/c1-8-5-6-9(7-11(8)20(22)23)18-13(21)10-3-2-4-12(19-10)14(15,16)17/h2-7H,1H3,(H,18,21). The quantitative estimate of drug-likeness (QED) is 0.690. The third kappa shape index (κ3) is 3.82. The van der Waals surface area contributed by atoms with Crippen molar-refractivity contribution in [1.29, 1.82) is 0 Å². The highest BCUT2D eigenvalue weighted by atomic mass is 19.4. The fourth-order valence-corrected chi connectivity index (χ4v) is 1.80. The number of halogens is 3. The lowest BCUT2D eigenvalue weighted by molar-refractivity contribution is -0.385. The minimum atomic E-state index is -4.67. The number of rotatable bonds is 3. The van der Waals surface area contributed by atoms with Crippen LogP contribution in [-0.4, -0.2) is 15.8 Å². The Bertz CT molecular complexity index is 775. The molecule has 120 valence electrons. The summed E-state index contributed by atoms with van der Waals surface area (Å²) in [6.07, 6.45) is -4.67. The zero-order valence-corrected chi connectivity index (χ0v) is 11.7. The third-order valence-corrected chi connectivity index (χ3v) is 2.94. The summed E-state index contributed by atoms with van der Waals surface area (Å²) in [4.78, 5) is 25.4. The average molecular weight is 325 g/mol. The van der Waals surface area contributed by atoms with Crippen LogP contribution in [0.1, 0.15) is 21.7 Å². The number of aryl methyl sites for hydroxylation is 1. The third-order valence-electron chi connectivity index (χ3n) is 2.94. The van der Waals surface area contributed by atoms with Gasteiger partial charge in [-0.1, -0.05) is 12.1 Å². The summed E-state index contributed by atoms with van der Waals surface area (Å²) in [6.45, 7) is 1.53. The van der Waals surface area contributed by atoms with E-state index in [0.29, 0.717) is 5.56 Å². The van der Waals surface area contributed by atoms with E-state index in [2.05, 4.69) is 10.3 Å². The van der Waals surface area contributed by atoms with Crippen molar-refractivity contribution >= 4 is 17.3 Å². The number of carbonyl (C=O) groups is 1. The largest absolute Gasteiger partial charge is 0.433 e. The van der Waals surface area contributed by atoms with Gasteiger partial charge in [0.25, 0.3) is 11.6 Å². The number of aromatic nitrogens is 1. The molecule has 0 saturated heterocycles. The SMILES string of the molecule is Cc1ccc(NC(=O)c2cccc(C(F)(F)F)n2)cc1[N+](=O)[O-]. The summed E-state index contributed by atoms with van der Waals surface area (Å²) in [7, 11) is 0. The van der Waals surface area contributed by atoms with Gasteiger partial charge >= 0.3 is 6.18 Å². The number of pyridine rings is 1. The molecule has 0 bridgehead atoms. The first-order valence-corrected chi connectivity index (χ1v) is 6.29. The van der Waals surface area contributed by atoms with E-state index in [9.17, 15) is 28.1 Å². The fourth-order valence-electron chi connectivity index (χ4n) is 1.80. The minimum Gasteiger partial charge on any atom is -0.320 e. The molecular formula is C14H10F3N3O3. The van der Waals surface area contributed by atoms with Gasteiger partial charge in [0, 0.05) is 17.3 Å². The van der Waals surface area contributed by atoms with Crippen LogP contribution in [-0.2, 0) is 6.18 Å². The predicted molar refractivity (Wildman–Crippen MR) is 75.0 cm³/mol. The molecule has 9 heteroatoms. The molecule has 1 heterocycles. The number of nitrogens with zero attached hydrogens (tertiary/aromatic N) is 2. The van der Waals surface area contributed by atoms with E-state index in [4.69, 9.17) is 0 Å². The van der Waals surface area contributed by atoms with Crippen LogP contribution in [0, 0.1) is 17.0 Å². The first-order valence-electron chi connectivity index (χ1n) is 6.29. The highest BCUT2D eigenvalue weighted by molar-refractivity contribution is 6.03. The van der Waals surface area contributed by atoms with Crippen molar-refractivity contribution in [3.63, 3.8) is 0 Å². The number of carbonyl (C=O) groups excluding carboxylic acids is 1. The molecule has 0 aliphatic rings. The molecule has 0 radical (unpaired) electrons. The van der Waals surface area contributed by atoms with Crippen LogP contribution in [0.15, 0.2) is 36.4 Å². The molecule has 1 amide bonds. The summed E-state index contributed by atoms with van der Waals surface area (Å²) in [5.74, 6) is -0.894. The number of nitro groups is 1. The molecule has 0 atom stereocenters. The second-order valence-corrected chi connectivity index (χ2v) is 4.62. The number of benzene rings is 1. The lowest BCUT2D eigenvalue weighted by Crippen LogP contribution is -2.17. The Hall–Kier alpha value is -2.97. The van der Waals surface area contributed by atoms with E-state index in [1.165, 1.54) is 19.1 Å². The minimum absolute atomic E-state index is 0.0894. The van der Waals surface area contributed by atoms with Gasteiger partial charge in [0.1, 0.15) is 11.4 Å². The van der Waals surface area contributed by atoms with Crippen molar-refractivity contribution in [2.75, 3.05) is 5.32 Å². The van der Waals surface area contributed by atoms with E-state index in [1.807, 2.05) is 0 Å². The van der Waals surface area contributed by atoms with Crippen molar-refractivity contribution < 1.29 is 22.9 Å². The van der Waals surface area contributed by atoms with E-state index in [-0.39, 0.29) is 11.4 Å². The molecular weight excluding hydrogens is 315 g/mol. The lowest BCUT2D eigenvalue weighted by Gasteiger charge is -2.08. The van der Waals surface area contributed by atoms with Gasteiger partial charge in [0.2, 0.25) is 0 Å². The molecule has 6 nitrogen and oxygen atoms in total. The molecule has 0 aliphatic carbocycles. The van der Waals surface area contributed by atoms with Crippen LogP contribution in [0.5, 0.6) is 0 Å². The molecule has 1 N–H and O–H groups in total. The Morgan fingerprint density at radius 2 is 1.96 bits per heavy atom. The van der Waals surface area contributed by atoms with Crippen molar-refractivity contribution in [1.82, 2.24) is 4.98 Å². The number of hydrogen-bond donors (Lipinski definition) is 1. The summed E-state index contributed by atoms with van der Waals surface area (Å²) in [5.41, 5.74) is -1.36. The molecule has 0 saturated carbocycles. The van der Waals surface area contributed by atoms with Gasteiger partial charge in [-0.15, -0.1) is 0 Å². The second-order valence-electron chi connectivity index (χ2n) is 4.62. The maximum atomic E-state index is 12.6. The highest BCUT2D eigenvalue weighted by Gasteiger charge is 2.32. The summed E-state index contributed by atoms with van der Waals surface area (Å²) in [6, 6.07) is 6.88. The van der Waals surface area contributed by atoms with E-state index >= 15 is 0 Å². The van der Waals surface area contributed by atoms with Gasteiger partial charge in [-0.3, -0.25) is 14.9 Å². The Balaban J connectivity index is 2.26. The Kier molecular flexibility index (Phi) is 4.30. The van der Waals surface area contributed by atoms with Crippen LogP contribution in [0.25, 0.3) is 0 Å². The van der Waals surface area contributed by atoms with Crippen molar-refractivity contribution in [3.05, 3.63) is 63.5 Å². The Morgan fingerprint density at radius 1 is 1.26 bits per heavy atom. The lowest BCUT2D eigenvalue weighted by atomic mass is 10.2. The van der Waals surface area contributed by atoms with Gasteiger partial charge in [-0.25, -0.2) is 4.98 Å². The second kappa shape index (κ2) is 6.03. The van der Waals surface area contributed by atoms with Gasteiger partial charge < -0.3 is 5.32 Å². The average Bonchev–Trinajstić information content (AvgIpc) is 2.48. The van der Waals surface area contributed by atoms with Crippen LogP contribution in [0.3, 0.4) is 0 Å². The summed E-state index contributed by atoms with van der Waals surface area (Å²) >= 11 is 0.